The predicted molar refractivity (Wildman–Crippen MR) is 251 cm³/mol. The Hall–Kier alpha value is -2.89. The Balaban J connectivity index is 4.43. The van der Waals surface area contributed by atoms with Crippen LogP contribution in [-0.4, -0.2) is 37.2 Å². The fourth-order valence-electron chi connectivity index (χ4n) is 6.77. The van der Waals surface area contributed by atoms with Crippen molar-refractivity contribution in [1.29, 1.82) is 0 Å². The van der Waals surface area contributed by atoms with E-state index in [0.29, 0.717) is 19.3 Å². The third-order valence-electron chi connectivity index (χ3n) is 10.5. The van der Waals surface area contributed by atoms with E-state index < -0.39 is 6.10 Å². The summed E-state index contributed by atoms with van der Waals surface area (Å²) in [6, 6.07) is 0. The minimum atomic E-state index is -0.790. The van der Waals surface area contributed by atoms with Gasteiger partial charge in [0.2, 0.25) is 0 Å². The van der Waals surface area contributed by atoms with Gasteiger partial charge in [-0.15, -0.1) is 0 Å². The zero-order chi connectivity index (χ0) is 43.0. The number of allylic oxidation sites excluding steroid dienone is 10. The lowest BCUT2D eigenvalue weighted by molar-refractivity contribution is -0.167. The van der Waals surface area contributed by atoms with Crippen molar-refractivity contribution in [1.82, 2.24) is 0 Å². The number of carbonyl (C=O) groups excluding carboxylic acids is 3. The zero-order valence-electron chi connectivity index (χ0n) is 38.8. The molecule has 0 aliphatic rings. The van der Waals surface area contributed by atoms with Gasteiger partial charge in [-0.25, -0.2) is 0 Å². The fraction of sp³-hybridized carbons (Fsp3) is 0.755. The molecule has 0 aromatic carbocycles. The average Bonchev–Trinajstić information content (AvgIpc) is 3.23. The molecule has 59 heavy (non-hydrogen) atoms. The van der Waals surface area contributed by atoms with Crippen LogP contribution in [0.1, 0.15) is 239 Å². The van der Waals surface area contributed by atoms with Crippen LogP contribution in [0.5, 0.6) is 0 Å². The molecule has 0 aromatic heterocycles. The van der Waals surface area contributed by atoms with E-state index in [9.17, 15) is 14.4 Å². The molecule has 0 aliphatic carbocycles. The van der Waals surface area contributed by atoms with Crippen molar-refractivity contribution in [3.8, 4) is 0 Å². The first kappa shape index (κ1) is 56.1. The molecule has 0 spiro atoms. The molecule has 0 saturated carbocycles. The highest BCUT2D eigenvalue weighted by Crippen LogP contribution is 2.15. The van der Waals surface area contributed by atoms with E-state index in [1.54, 1.807) is 0 Å². The molecular weight excluding hydrogens is 733 g/mol. The van der Waals surface area contributed by atoms with E-state index in [-0.39, 0.29) is 31.1 Å². The Bertz CT molecular complexity index is 1090. The van der Waals surface area contributed by atoms with Gasteiger partial charge < -0.3 is 14.2 Å². The molecule has 0 rings (SSSR count). The van der Waals surface area contributed by atoms with Gasteiger partial charge in [-0.05, 0) is 77.0 Å². The quantitative estimate of drug-likeness (QED) is 0.0263. The van der Waals surface area contributed by atoms with Crippen molar-refractivity contribution in [2.75, 3.05) is 13.2 Å². The number of ether oxygens (including phenoxy) is 3. The Labute approximate surface area is 364 Å². The van der Waals surface area contributed by atoms with E-state index in [0.717, 1.165) is 89.9 Å². The standard InChI is InChI=1S/C53H92O6/c1-4-7-10-13-16-19-22-24-26-28-31-34-37-40-43-46-52(55)58-49-50(48-57-51(54)45-42-39-36-33-30-21-18-15-12-9-6-3)59-53(56)47-44-41-38-35-32-29-27-25-23-20-17-14-11-8-5-2/h7,10,15-16,18-19,24,26,31,34,50H,4-6,8-9,11-14,17,20-23,25,27-30,32-33,35-49H2,1-3H3/b10-7-,18-15-,19-16-,26-24-,34-31-. The molecule has 340 valence electrons. The van der Waals surface area contributed by atoms with Crippen LogP contribution in [0.15, 0.2) is 60.8 Å². The molecule has 1 unspecified atom stereocenters. The molecule has 0 amide bonds. The lowest BCUT2D eigenvalue weighted by Crippen LogP contribution is -2.30. The predicted octanol–water partition coefficient (Wildman–Crippen LogP) is 16.1. The molecule has 6 nitrogen and oxygen atoms in total. The summed E-state index contributed by atoms with van der Waals surface area (Å²) in [6.45, 7) is 6.44. The Morgan fingerprint density at radius 1 is 0.356 bits per heavy atom. The summed E-state index contributed by atoms with van der Waals surface area (Å²) in [5, 5.41) is 0. The fourth-order valence-corrected chi connectivity index (χ4v) is 6.77. The van der Waals surface area contributed by atoms with Gasteiger partial charge in [0.05, 0.1) is 0 Å². The highest BCUT2D eigenvalue weighted by molar-refractivity contribution is 5.71. The summed E-state index contributed by atoms with van der Waals surface area (Å²) >= 11 is 0. The maximum Gasteiger partial charge on any atom is 0.306 e. The van der Waals surface area contributed by atoms with Gasteiger partial charge in [0.1, 0.15) is 13.2 Å². The second-order valence-electron chi connectivity index (χ2n) is 16.3. The SMILES string of the molecule is CC/C=C\C/C=C\C/C=C\C/C=C\CCCCC(=O)OCC(COC(=O)CCCCCCC/C=C\CCCC)OC(=O)CCCCCCCCCCCCCCCCC. The normalized spacial score (nSPS) is 12.5. The minimum Gasteiger partial charge on any atom is -0.462 e. The molecule has 6 heteroatoms. The van der Waals surface area contributed by atoms with E-state index in [4.69, 9.17) is 14.2 Å². The lowest BCUT2D eigenvalue weighted by atomic mass is 10.0. The molecule has 0 N–H and O–H groups in total. The number of hydrogen-bond donors (Lipinski definition) is 0. The van der Waals surface area contributed by atoms with Crippen molar-refractivity contribution in [3.05, 3.63) is 60.8 Å². The number of unbranched alkanes of at least 4 members (excludes halogenated alkanes) is 23. The van der Waals surface area contributed by atoms with Crippen molar-refractivity contribution < 1.29 is 28.6 Å². The van der Waals surface area contributed by atoms with Crippen LogP contribution >= 0.6 is 0 Å². The summed E-state index contributed by atoms with van der Waals surface area (Å²) in [5.41, 5.74) is 0. The summed E-state index contributed by atoms with van der Waals surface area (Å²) in [7, 11) is 0. The molecule has 0 bridgehead atoms. The van der Waals surface area contributed by atoms with Crippen molar-refractivity contribution in [2.24, 2.45) is 0 Å². The van der Waals surface area contributed by atoms with Crippen LogP contribution in [0.25, 0.3) is 0 Å². The molecular formula is C53H92O6. The topological polar surface area (TPSA) is 78.9 Å². The van der Waals surface area contributed by atoms with Crippen molar-refractivity contribution >= 4 is 17.9 Å². The summed E-state index contributed by atoms with van der Waals surface area (Å²) in [6.07, 6.45) is 57.8. The van der Waals surface area contributed by atoms with Crippen LogP contribution in [0.3, 0.4) is 0 Å². The third kappa shape index (κ3) is 46.0. The summed E-state index contributed by atoms with van der Waals surface area (Å²) < 4.78 is 16.7. The van der Waals surface area contributed by atoms with Gasteiger partial charge in [-0.1, -0.05) is 204 Å². The Morgan fingerprint density at radius 3 is 1.14 bits per heavy atom. The third-order valence-corrected chi connectivity index (χ3v) is 10.5. The Kier molecular flexibility index (Phi) is 45.4. The monoisotopic (exact) mass is 825 g/mol. The Morgan fingerprint density at radius 2 is 0.678 bits per heavy atom. The van der Waals surface area contributed by atoms with Crippen LogP contribution in [0.4, 0.5) is 0 Å². The lowest BCUT2D eigenvalue weighted by Gasteiger charge is -2.18. The number of carbonyl (C=O) groups is 3. The molecule has 0 radical (unpaired) electrons. The van der Waals surface area contributed by atoms with Gasteiger partial charge in [0.15, 0.2) is 6.10 Å². The molecule has 0 saturated heterocycles. The minimum absolute atomic E-state index is 0.0904. The second kappa shape index (κ2) is 47.8. The summed E-state index contributed by atoms with van der Waals surface area (Å²) in [4.78, 5) is 37.9. The van der Waals surface area contributed by atoms with Crippen molar-refractivity contribution in [2.45, 2.75) is 245 Å². The first-order chi connectivity index (χ1) is 29.0. The molecule has 0 fully saturated rings. The molecule has 1 atom stereocenters. The van der Waals surface area contributed by atoms with E-state index in [1.807, 2.05) is 0 Å². The number of hydrogen-bond acceptors (Lipinski definition) is 6. The zero-order valence-corrected chi connectivity index (χ0v) is 38.8. The van der Waals surface area contributed by atoms with Crippen LogP contribution in [0, 0.1) is 0 Å². The van der Waals surface area contributed by atoms with Crippen LogP contribution in [-0.2, 0) is 28.6 Å². The van der Waals surface area contributed by atoms with Crippen LogP contribution in [0.2, 0.25) is 0 Å². The average molecular weight is 825 g/mol. The van der Waals surface area contributed by atoms with E-state index >= 15 is 0 Å². The maximum atomic E-state index is 12.8. The number of esters is 3. The first-order valence-electron chi connectivity index (χ1n) is 24.8. The van der Waals surface area contributed by atoms with Gasteiger partial charge in [-0.2, -0.15) is 0 Å². The van der Waals surface area contributed by atoms with Gasteiger partial charge in [0, 0.05) is 19.3 Å². The highest BCUT2D eigenvalue weighted by atomic mass is 16.6. The van der Waals surface area contributed by atoms with Crippen molar-refractivity contribution in [3.63, 3.8) is 0 Å². The molecule has 0 aromatic rings. The smallest absolute Gasteiger partial charge is 0.306 e. The van der Waals surface area contributed by atoms with Gasteiger partial charge in [-0.3, -0.25) is 14.4 Å². The van der Waals surface area contributed by atoms with Gasteiger partial charge in [0.25, 0.3) is 0 Å². The first-order valence-corrected chi connectivity index (χ1v) is 24.8. The maximum absolute atomic E-state index is 12.8. The van der Waals surface area contributed by atoms with E-state index in [2.05, 4.69) is 81.5 Å². The number of rotatable bonds is 44. The van der Waals surface area contributed by atoms with Crippen LogP contribution < -0.4 is 0 Å². The van der Waals surface area contributed by atoms with E-state index in [1.165, 1.54) is 109 Å². The largest absolute Gasteiger partial charge is 0.462 e. The second-order valence-corrected chi connectivity index (χ2v) is 16.3. The molecule has 0 heterocycles. The van der Waals surface area contributed by atoms with Gasteiger partial charge >= 0.3 is 17.9 Å². The summed E-state index contributed by atoms with van der Waals surface area (Å²) in [5.74, 6) is -0.939. The molecule has 0 aliphatic heterocycles. The highest BCUT2D eigenvalue weighted by Gasteiger charge is 2.19.